The van der Waals surface area contributed by atoms with Crippen molar-refractivity contribution in [2.24, 2.45) is 0 Å². The molecule has 5 heteroatoms. The molecule has 0 amide bonds. The predicted octanol–water partition coefficient (Wildman–Crippen LogP) is 3.81. The number of halogens is 3. The first-order valence-corrected chi connectivity index (χ1v) is 6.81. The number of hydrogen-bond acceptors (Lipinski definition) is 2. The fourth-order valence-corrected chi connectivity index (χ4v) is 2.52. The number of allylic oxidation sites excluding steroid dienone is 1. The van der Waals surface area contributed by atoms with Crippen molar-refractivity contribution >= 4 is 5.78 Å². The normalized spacial score (nSPS) is 19.1. The SMILES string of the molecule is Cc1ccc([C@@](O)(CC2=CC(=O)CCC2)C(F)(F)F)cc1. The van der Waals surface area contributed by atoms with Crippen molar-refractivity contribution in [2.75, 3.05) is 0 Å². The molecule has 0 unspecified atom stereocenters. The van der Waals surface area contributed by atoms with Crippen molar-refractivity contribution in [1.82, 2.24) is 0 Å². The van der Waals surface area contributed by atoms with Crippen molar-refractivity contribution in [2.45, 2.75) is 44.4 Å². The smallest absolute Gasteiger partial charge is 0.376 e. The third kappa shape index (κ3) is 3.35. The lowest BCUT2D eigenvalue weighted by atomic mass is 9.82. The van der Waals surface area contributed by atoms with E-state index in [9.17, 15) is 23.1 Å². The number of aliphatic hydroxyl groups is 1. The summed E-state index contributed by atoms with van der Waals surface area (Å²) in [6.45, 7) is 1.76. The van der Waals surface area contributed by atoms with Crippen LogP contribution in [0.25, 0.3) is 0 Å². The maximum atomic E-state index is 13.4. The average molecular weight is 298 g/mol. The van der Waals surface area contributed by atoms with E-state index < -0.39 is 18.2 Å². The molecule has 0 heterocycles. The lowest BCUT2D eigenvalue weighted by molar-refractivity contribution is -0.266. The number of alkyl halides is 3. The van der Waals surface area contributed by atoms with Gasteiger partial charge in [0, 0.05) is 12.8 Å². The fourth-order valence-electron chi connectivity index (χ4n) is 2.52. The largest absolute Gasteiger partial charge is 0.421 e. The third-order valence-electron chi connectivity index (χ3n) is 3.77. The minimum Gasteiger partial charge on any atom is -0.376 e. The molecule has 0 saturated carbocycles. The van der Waals surface area contributed by atoms with Crippen LogP contribution in [0.3, 0.4) is 0 Å². The molecule has 114 valence electrons. The molecule has 1 N–H and O–H groups in total. The molecule has 1 aliphatic rings. The van der Waals surface area contributed by atoms with E-state index in [1.165, 1.54) is 30.3 Å². The van der Waals surface area contributed by atoms with Crippen LogP contribution in [0, 0.1) is 6.92 Å². The summed E-state index contributed by atoms with van der Waals surface area (Å²) < 4.78 is 40.1. The molecule has 0 spiro atoms. The van der Waals surface area contributed by atoms with Gasteiger partial charge in [-0.25, -0.2) is 0 Å². The summed E-state index contributed by atoms with van der Waals surface area (Å²) in [5, 5.41) is 10.3. The zero-order valence-electron chi connectivity index (χ0n) is 11.7. The summed E-state index contributed by atoms with van der Waals surface area (Å²) in [4.78, 5) is 11.4. The Balaban J connectivity index is 2.38. The third-order valence-corrected chi connectivity index (χ3v) is 3.77. The second-order valence-electron chi connectivity index (χ2n) is 5.52. The first kappa shape index (κ1) is 15.8. The van der Waals surface area contributed by atoms with Crippen LogP contribution in [0.15, 0.2) is 35.9 Å². The monoisotopic (exact) mass is 298 g/mol. The molecular formula is C16H17F3O2. The highest BCUT2D eigenvalue weighted by atomic mass is 19.4. The van der Waals surface area contributed by atoms with Crippen LogP contribution in [-0.4, -0.2) is 17.1 Å². The van der Waals surface area contributed by atoms with Gasteiger partial charge in [0.05, 0.1) is 0 Å². The second kappa shape index (κ2) is 5.64. The van der Waals surface area contributed by atoms with Crippen molar-refractivity contribution in [3.63, 3.8) is 0 Å². The van der Waals surface area contributed by atoms with Crippen LogP contribution < -0.4 is 0 Å². The number of aryl methyl sites for hydroxylation is 1. The van der Waals surface area contributed by atoms with E-state index in [0.717, 1.165) is 5.56 Å². The van der Waals surface area contributed by atoms with Crippen LogP contribution in [0.2, 0.25) is 0 Å². The maximum absolute atomic E-state index is 13.4. The van der Waals surface area contributed by atoms with E-state index >= 15 is 0 Å². The molecule has 1 aliphatic carbocycles. The van der Waals surface area contributed by atoms with E-state index in [0.29, 0.717) is 24.8 Å². The molecule has 0 fully saturated rings. The second-order valence-corrected chi connectivity index (χ2v) is 5.52. The molecule has 2 rings (SSSR count). The van der Waals surface area contributed by atoms with Gasteiger partial charge in [0.15, 0.2) is 11.4 Å². The fraction of sp³-hybridized carbons (Fsp3) is 0.438. The summed E-state index contributed by atoms with van der Waals surface area (Å²) in [6.07, 6.45) is -2.84. The Kier molecular flexibility index (Phi) is 4.23. The Morgan fingerprint density at radius 1 is 1.14 bits per heavy atom. The van der Waals surface area contributed by atoms with Gasteiger partial charge in [-0.15, -0.1) is 0 Å². The number of hydrogen-bond donors (Lipinski definition) is 1. The number of carbonyl (C=O) groups is 1. The Bertz CT molecular complexity index is 558. The van der Waals surface area contributed by atoms with E-state index in [4.69, 9.17) is 0 Å². The summed E-state index contributed by atoms with van der Waals surface area (Å²) in [6, 6.07) is 5.64. The Labute approximate surface area is 121 Å². The molecule has 1 atom stereocenters. The summed E-state index contributed by atoms with van der Waals surface area (Å²) >= 11 is 0. The summed E-state index contributed by atoms with van der Waals surface area (Å²) in [5.41, 5.74) is -1.98. The van der Waals surface area contributed by atoms with E-state index in [1.807, 2.05) is 0 Å². The van der Waals surface area contributed by atoms with Gasteiger partial charge in [0.2, 0.25) is 0 Å². The minimum absolute atomic E-state index is 0.176. The molecule has 2 nitrogen and oxygen atoms in total. The molecule has 0 aliphatic heterocycles. The van der Waals surface area contributed by atoms with Crippen molar-refractivity contribution in [3.8, 4) is 0 Å². The van der Waals surface area contributed by atoms with Crippen molar-refractivity contribution < 1.29 is 23.1 Å². The molecule has 21 heavy (non-hydrogen) atoms. The molecule has 0 aromatic heterocycles. The average Bonchev–Trinajstić information content (AvgIpc) is 2.38. The van der Waals surface area contributed by atoms with Crippen molar-refractivity contribution in [3.05, 3.63) is 47.0 Å². The van der Waals surface area contributed by atoms with Crippen molar-refractivity contribution in [1.29, 1.82) is 0 Å². The molecule has 0 radical (unpaired) electrons. The van der Waals surface area contributed by atoms with Crippen LogP contribution in [0.4, 0.5) is 13.2 Å². The highest BCUT2D eigenvalue weighted by Crippen LogP contribution is 2.44. The molecular weight excluding hydrogens is 281 g/mol. The quantitative estimate of drug-likeness (QED) is 0.921. The van der Waals surface area contributed by atoms with E-state index in [-0.39, 0.29) is 11.3 Å². The molecule has 1 aromatic rings. The highest BCUT2D eigenvalue weighted by molar-refractivity contribution is 5.91. The first-order chi connectivity index (χ1) is 9.72. The lowest BCUT2D eigenvalue weighted by Gasteiger charge is -2.32. The minimum atomic E-state index is -4.80. The topological polar surface area (TPSA) is 37.3 Å². The van der Waals surface area contributed by atoms with Gasteiger partial charge in [0.1, 0.15) is 0 Å². The van der Waals surface area contributed by atoms with Crippen LogP contribution >= 0.6 is 0 Å². The van der Waals surface area contributed by atoms with Gasteiger partial charge in [-0.05, 0) is 31.4 Å². The van der Waals surface area contributed by atoms with E-state index in [1.54, 1.807) is 6.92 Å². The summed E-state index contributed by atoms with van der Waals surface area (Å²) in [5.74, 6) is -0.176. The zero-order valence-corrected chi connectivity index (χ0v) is 11.7. The molecule has 1 aromatic carbocycles. The molecule has 0 saturated heterocycles. The Morgan fingerprint density at radius 3 is 2.29 bits per heavy atom. The number of carbonyl (C=O) groups excluding carboxylic acids is 1. The standard InChI is InChI=1S/C16H17F3O2/c1-11-5-7-13(8-6-11)15(21,16(17,18)19)10-12-3-2-4-14(20)9-12/h5-9,21H,2-4,10H2,1H3/t15-/m0/s1. The number of benzene rings is 1. The first-order valence-electron chi connectivity index (χ1n) is 6.81. The highest BCUT2D eigenvalue weighted by Gasteiger charge is 2.55. The maximum Gasteiger partial charge on any atom is 0.421 e. The molecule has 0 bridgehead atoms. The number of rotatable bonds is 3. The predicted molar refractivity (Wildman–Crippen MR) is 72.7 cm³/mol. The lowest BCUT2D eigenvalue weighted by Crippen LogP contribution is -2.42. The van der Waals surface area contributed by atoms with Gasteiger partial charge < -0.3 is 5.11 Å². The van der Waals surface area contributed by atoms with Crippen LogP contribution in [0.1, 0.15) is 36.8 Å². The van der Waals surface area contributed by atoms with Crippen LogP contribution in [-0.2, 0) is 10.4 Å². The van der Waals surface area contributed by atoms with Gasteiger partial charge in [-0.1, -0.05) is 35.4 Å². The van der Waals surface area contributed by atoms with Gasteiger partial charge >= 0.3 is 6.18 Å². The van der Waals surface area contributed by atoms with E-state index in [2.05, 4.69) is 0 Å². The van der Waals surface area contributed by atoms with Crippen LogP contribution in [0.5, 0.6) is 0 Å². The number of ketones is 1. The van der Waals surface area contributed by atoms with Gasteiger partial charge in [0.25, 0.3) is 0 Å². The van der Waals surface area contributed by atoms with Gasteiger partial charge in [-0.3, -0.25) is 4.79 Å². The Morgan fingerprint density at radius 2 is 1.76 bits per heavy atom. The van der Waals surface area contributed by atoms with Gasteiger partial charge in [-0.2, -0.15) is 13.2 Å². The summed E-state index contributed by atoms with van der Waals surface area (Å²) in [7, 11) is 0. The zero-order chi connectivity index (χ0) is 15.7. The Hall–Kier alpha value is -1.62.